The van der Waals surface area contributed by atoms with Crippen molar-refractivity contribution >= 4 is 55.5 Å². The molecule has 0 spiro atoms. The molecule has 0 aliphatic rings. The van der Waals surface area contributed by atoms with Crippen molar-refractivity contribution in [2.45, 2.75) is 0 Å². The molecule has 1 heterocycles. The molecule has 100 valence electrons. The van der Waals surface area contributed by atoms with E-state index >= 15 is 0 Å². The molecule has 5 heteroatoms. The van der Waals surface area contributed by atoms with Crippen molar-refractivity contribution in [3.05, 3.63) is 58.2 Å². The highest BCUT2D eigenvalue weighted by Crippen LogP contribution is 2.32. The van der Waals surface area contributed by atoms with E-state index in [1.54, 1.807) is 6.20 Å². The molecule has 3 aromatic rings. The first-order valence-corrected chi connectivity index (χ1v) is 7.17. The number of halogens is 2. The summed E-state index contributed by atoms with van der Waals surface area (Å²) >= 11 is 9.62. The summed E-state index contributed by atoms with van der Waals surface area (Å²) in [4.78, 5) is 4.31. The third-order valence-electron chi connectivity index (χ3n) is 3.00. The van der Waals surface area contributed by atoms with Gasteiger partial charge in [-0.1, -0.05) is 27.5 Å². The predicted molar refractivity (Wildman–Crippen MR) is 88.6 cm³/mol. The van der Waals surface area contributed by atoms with Gasteiger partial charge in [0.2, 0.25) is 0 Å². The van der Waals surface area contributed by atoms with E-state index in [1.807, 2.05) is 42.5 Å². The van der Waals surface area contributed by atoms with Gasteiger partial charge in [0.15, 0.2) is 0 Å². The van der Waals surface area contributed by atoms with Crippen LogP contribution in [-0.2, 0) is 0 Å². The maximum absolute atomic E-state index is 6.23. The number of fused-ring (bicyclic) bond motifs is 1. The summed E-state index contributed by atoms with van der Waals surface area (Å²) in [5, 5.41) is 4.93. The van der Waals surface area contributed by atoms with Gasteiger partial charge in [0.25, 0.3) is 0 Å². The van der Waals surface area contributed by atoms with Crippen molar-refractivity contribution < 1.29 is 0 Å². The number of rotatable bonds is 2. The van der Waals surface area contributed by atoms with Crippen LogP contribution in [0.15, 0.2) is 53.1 Å². The molecule has 0 fully saturated rings. The van der Waals surface area contributed by atoms with E-state index in [9.17, 15) is 0 Å². The van der Waals surface area contributed by atoms with Gasteiger partial charge in [0.1, 0.15) is 0 Å². The summed E-state index contributed by atoms with van der Waals surface area (Å²) in [5.74, 6) is 0. The predicted octanol–water partition coefficient (Wildman–Crippen LogP) is 4.98. The summed E-state index contributed by atoms with van der Waals surface area (Å²) in [7, 11) is 0. The highest BCUT2D eigenvalue weighted by molar-refractivity contribution is 9.10. The molecule has 0 radical (unpaired) electrons. The van der Waals surface area contributed by atoms with Gasteiger partial charge in [-0.25, -0.2) is 0 Å². The van der Waals surface area contributed by atoms with Gasteiger partial charge in [0, 0.05) is 21.7 Å². The molecule has 0 unspecified atom stereocenters. The number of pyridine rings is 1. The topological polar surface area (TPSA) is 50.9 Å². The Morgan fingerprint density at radius 1 is 1.10 bits per heavy atom. The fourth-order valence-corrected chi connectivity index (χ4v) is 2.76. The van der Waals surface area contributed by atoms with Crippen LogP contribution < -0.4 is 11.1 Å². The van der Waals surface area contributed by atoms with Gasteiger partial charge < -0.3 is 11.1 Å². The van der Waals surface area contributed by atoms with Gasteiger partial charge in [-0.05, 0) is 42.5 Å². The van der Waals surface area contributed by atoms with E-state index in [-0.39, 0.29) is 0 Å². The van der Waals surface area contributed by atoms with Crippen LogP contribution in [0.25, 0.3) is 10.9 Å². The Bertz CT molecular complexity index is 789. The first kappa shape index (κ1) is 13.2. The maximum atomic E-state index is 6.23. The normalized spacial score (nSPS) is 10.7. The summed E-state index contributed by atoms with van der Waals surface area (Å²) in [5.41, 5.74) is 9.15. The Kier molecular flexibility index (Phi) is 3.51. The first-order chi connectivity index (χ1) is 9.65. The number of hydrogen-bond acceptors (Lipinski definition) is 3. The standard InChI is InChI=1S/C15H11BrClN3/c16-9-3-5-14(11(17)8-9)20-13-6-4-12(18)15-10(13)2-1-7-19-15/h1-8,20H,18H2. The lowest BCUT2D eigenvalue weighted by Gasteiger charge is -2.12. The summed E-state index contributed by atoms with van der Waals surface area (Å²) < 4.78 is 0.942. The second kappa shape index (κ2) is 5.31. The molecule has 0 aliphatic heterocycles. The average Bonchev–Trinajstić information content (AvgIpc) is 2.45. The van der Waals surface area contributed by atoms with Crippen LogP contribution >= 0.6 is 27.5 Å². The lowest BCUT2D eigenvalue weighted by atomic mass is 10.1. The lowest BCUT2D eigenvalue weighted by Crippen LogP contribution is -1.96. The van der Waals surface area contributed by atoms with Crippen LogP contribution in [0.2, 0.25) is 5.02 Å². The Hall–Kier alpha value is -1.78. The third-order valence-corrected chi connectivity index (χ3v) is 3.81. The number of nitrogens with two attached hydrogens (primary N) is 1. The monoisotopic (exact) mass is 347 g/mol. The molecule has 3 N–H and O–H groups in total. The Balaban J connectivity index is 2.09. The Labute approximate surface area is 129 Å². The summed E-state index contributed by atoms with van der Waals surface area (Å²) in [6.07, 6.45) is 1.73. The SMILES string of the molecule is Nc1ccc(Nc2ccc(Br)cc2Cl)c2cccnc12. The molecule has 0 saturated heterocycles. The molecule has 0 saturated carbocycles. The van der Waals surface area contributed by atoms with Gasteiger partial charge in [0.05, 0.1) is 21.9 Å². The zero-order valence-electron chi connectivity index (χ0n) is 10.4. The van der Waals surface area contributed by atoms with Gasteiger partial charge in [-0.15, -0.1) is 0 Å². The zero-order chi connectivity index (χ0) is 14.1. The molecule has 0 atom stereocenters. The van der Waals surface area contributed by atoms with Crippen molar-refractivity contribution in [2.75, 3.05) is 11.1 Å². The number of benzene rings is 2. The number of aromatic nitrogens is 1. The molecular formula is C15H11BrClN3. The quantitative estimate of drug-likeness (QED) is 0.642. The zero-order valence-corrected chi connectivity index (χ0v) is 12.7. The van der Waals surface area contributed by atoms with Gasteiger partial charge in [-0.3, -0.25) is 4.98 Å². The molecule has 0 amide bonds. The van der Waals surface area contributed by atoms with Crippen LogP contribution in [0.4, 0.5) is 17.1 Å². The fourth-order valence-electron chi connectivity index (χ4n) is 2.04. The second-order valence-corrected chi connectivity index (χ2v) is 5.67. The smallest absolute Gasteiger partial charge is 0.0951 e. The molecular weight excluding hydrogens is 338 g/mol. The largest absolute Gasteiger partial charge is 0.397 e. The second-order valence-electron chi connectivity index (χ2n) is 4.35. The first-order valence-electron chi connectivity index (χ1n) is 6.00. The Morgan fingerprint density at radius 2 is 1.90 bits per heavy atom. The highest BCUT2D eigenvalue weighted by atomic mass is 79.9. The third kappa shape index (κ3) is 2.44. The van der Waals surface area contributed by atoms with E-state index in [0.717, 1.165) is 26.8 Å². The van der Waals surface area contributed by atoms with Crippen molar-refractivity contribution in [3.63, 3.8) is 0 Å². The van der Waals surface area contributed by atoms with Crippen LogP contribution in [0.3, 0.4) is 0 Å². The molecule has 0 aliphatic carbocycles. The minimum Gasteiger partial charge on any atom is -0.397 e. The molecule has 1 aromatic heterocycles. The summed E-state index contributed by atoms with van der Waals surface area (Å²) in [6, 6.07) is 13.3. The number of nitrogens with one attached hydrogen (secondary N) is 1. The fraction of sp³-hybridized carbons (Fsp3) is 0. The molecule has 3 nitrogen and oxygen atoms in total. The van der Waals surface area contributed by atoms with E-state index in [4.69, 9.17) is 17.3 Å². The van der Waals surface area contributed by atoms with Crippen molar-refractivity contribution in [1.82, 2.24) is 4.98 Å². The molecule has 3 rings (SSSR count). The van der Waals surface area contributed by atoms with Crippen LogP contribution in [-0.4, -0.2) is 4.98 Å². The van der Waals surface area contributed by atoms with Crippen LogP contribution in [0.5, 0.6) is 0 Å². The maximum Gasteiger partial charge on any atom is 0.0951 e. The van der Waals surface area contributed by atoms with Crippen molar-refractivity contribution in [1.29, 1.82) is 0 Å². The van der Waals surface area contributed by atoms with E-state index in [1.165, 1.54) is 0 Å². The van der Waals surface area contributed by atoms with E-state index in [0.29, 0.717) is 10.7 Å². The van der Waals surface area contributed by atoms with E-state index < -0.39 is 0 Å². The summed E-state index contributed by atoms with van der Waals surface area (Å²) in [6.45, 7) is 0. The van der Waals surface area contributed by atoms with Gasteiger partial charge in [-0.2, -0.15) is 0 Å². The number of anilines is 3. The van der Waals surface area contributed by atoms with Crippen LogP contribution in [0, 0.1) is 0 Å². The van der Waals surface area contributed by atoms with Gasteiger partial charge >= 0.3 is 0 Å². The molecule has 20 heavy (non-hydrogen) atoms. The lowest BCUT2D eigenvalue weighted by molar-refractivity contribution is 1.41. The van der Waals surface area contributed by atoms with Crippen LogP contribution in [0.1, 0.15) is 0 Å². The molecule has 0 bridgehead atoms. The minimum atomic E-state index is 0.647. The number of nitrogen functional groups attached to an aromatic ring is 1. The minimum absolute atomic E-state index is 0.647. The highest BCUT2D eigenvalue weighted by Gasteiger charge is 2.07. The molecule has 2 aromatic carbocycles. The van der Waals surface area contributed by atoms with E-state index in [2.05, 4.69) is 26.2 Å². The van der Waals surface area contributed by atoms with Crippen molar-refractivity contribution in [2.24, 2.45) is 0 Å². The number of nitrogens with zero attached hydrogens (tertiary/aromatic N) is 1. The number of hydrogen-bond donors (Lipinski definition) is 2. The van der Waals surface area contributed by atoms with Crippen molar-refractivity contribution in [3.8, 4) is 0 Å². The Morgan fingerprint density at radius 3 is 2.70 bits per heavy atom. The average molecular weight is 349 g/mol.